The van der Waals surface area contributed by atoms with Crippen LogP contribution in [0.25, 0.3) is 0 Å². The molecule has 1 aliphatic rings. The van der Waals surface area contributed by atoms with Crippen LogP contribution in [0, 0.1) is 0 Å². The highest BCUT2D eigenvalue weighted by molar-refractivity contribution is 5.14. The molecule has 0 spiro atoms. The average molecular weight is 276 g/mol. The summed E-state index contributed by atoms with van der Waals surface area (Å²) in [4.78, 5) is 4.91. The smallest absolute Gasteiger partial charge is 0.0768 e. The van der Waals surface area contributed by atoms with Gasteiger partial charge in [-0.15, -0.1) is 0 Å². The van der Waals surface area contributed by atoms with E-state index in [0.29, 0.717) is 0 Å². The molecule has 1 N–H and O–H groups in total. The van der Waals surface area contributed by atoms with Crippen molar-refractivity contribution in [3.8, 4) is 0 Å². The summed E-state index contributed by atoms with van der Waals surface area (Å²) in [5.41, 5.74) is 0.890. The molecule has 3 nitrogen and oxygen atoms in total. The molecule has 0 aliphatic carbocycles. The molecule has 3 heteroatoms. The molecular formula is C17H28N2O. The SMILES string of the molecule is CCC(O)(CC)CN1CCN(Cc2ccccc2)CC1. The number of β-amino-alcohol motifs (C(OH)–C–C–N with tert-alkyl or cyclic N) is 1. The van der Waals surface area contributed by atoms with E-state index >= 15 is 0 Å². The Morgan fingerprint density at radius 1 is 0.950 bits per heavy atom. The van der Waals surface area contributed by atoms with Crippen LogP contribution in [0.2, 0.25) is 0 Å². The molecule has 1 aromatic rings. The molecule has 1 aromatic carbocycles. The highest BCUT2D eigenvalue weighted by Crippen LogP contribution is 2.18. The van der Waals surface area contributed by atoms with Crippen molar-refractivity contribution in [2.24, 2.45) is 0 Å². The zero-order valence-corrected chi connectivity index (χ0v) is 12.9. The van der Waals surface area contributed by atoms with E-state index in [0.717, 1.165) is 52.1 Å². The highest BCUT2D eigenvalue weighted by Gasteiger charge is 2.27. The van der Waals surface area contributed by atoms with E-state index in [1.165, 1.54) is 5.56 Å². The third-order valence-electron chi connectivity index (χ3n) is 4.55. The van der Waals surface area contributed by atoms with Crippen molar-refractivity contribution in [3.05, 3.63) is 35.9 Å². The minimum atomic E-state index is -0.498. The van der Waals surface area contributed by atoms with Gasteiger partial charge < -0.3 is 5.11 Å². The topological polar surface area (TPSA) is 26.7 Å². The Bertz CT molecular complexity index is 381. The van der Waals surface area contributed by atoms with Gasteiger partial charge in [-0.1, -0.05) is 44.2 Å². The lowest BCUT2D eigenvalue weighted by molar-refractivity contribution is -0.0161. The first-order chi connectivity index (χ1) is 9.65. The van der Waals surface area contributed by atoms with Gasteiger partial charge in [0, 0.05) is 39.3 Å². The van der Waals surface area contributed by atoms with Gasteiger partial charge in [0.1, 0.15) is 0 Å². The standard InChI is InChI=1S/C17H28N2O/c1-3-17(20,4-2)15-19-12-10-18(11-13-19)14-16-8-6-5-7-9-16/h5-9,20H,3-4,10-15H2,1-2H3. The van der Waals surface area contributed by atoms with E-state index < -0.39 is 5.60 Å². The Kier molecular flexibility index (Phi) is 5.58. The average Bonchev–Trinajstić information content (AvgIpc) is 2.50. The second kappa shape index (κ2) is 7.21. The molecule has 1 fully saturated rings. The van der Waals surface area contributed by atoms with Gasteiger partial charge in [-0.2, -0.15) is 0 Å². The van der Waals surface area contributed by atoms with Gasteiger partial charge in [0.15, 0.2) is 0 Å². The summed E-state index contributed by atoms with van der Waals surface area (Å²) in [6.07, 6.45) is 1.68. The fraction of sp³-hybridized carbons (Fsp3) is 0.647. The van der Waals surface area contributed by atoms with Gasteiger partial charge in [0.2, 0.25) is 0 Å². The maximum absolute atomic E-state index is 10.4. The summed E-state index contributed by atoms with van der Waals surface area (Å²) in [6, 6.07) is 10.7. The lowest BCUT2D eigenvalue weighted by Crippen LogP contribution is -2.51. The van der Waals surface area contributed by atoms with E-state index in [2.05, 4.69) is 54.0 Å². The number of aliphatic hydroxyl groups is 1. The summed E-state index contributed by atoms with van der Waals surface area (Å²) in [6.45, 7) is 10.3. The van der Waals surface area contributed by atoms with Crippen molar-refractivity contribution in [3.63, 3.8) is 0 Å². The zero-order valence-electron chi connectivity index (χ0n) is 12.9. The minimum absolute atomic E-state index is 0.498. The van der Waals surface area contributed by atoms with Crippen LogP contribution in [0.3, 0.4) is 0 Å². The van der Waals surface area contributed by atoms with Crippen molar-refractivity contribution in [1.29, 1.82) is 0 Å². The molecule has 0 radical (unpaired) electrons. The first kappa shape index (κ1) is 15.5. The molecule has 0 saturated carbocycles. The zero-order chi connectivity index (χ0) is 14.4. The lowest BCUT2D eigenvalue weighted by Gasteiger charge is -2.39. The molecule has 112 valence electrons. The van der Waals surface area contributed by atoms with Crippen LogP contribution < -0.4 is 0 Å². The normalized spacial score (nSPS) is 18.4. The Balaban J connectivity index is 1.78. The molecule has 1 saturated heterocycles. The summed E-state index contributed by atoms with van der Waals surface area (Å²) in [5.74, 6) is 0. The van der Waals surface area contributed by atoms with E-state index in [9.17, 15) is 5.11 Å². The van der Waals surface area contributed by atoms with Gasteiger partial charge in [-0.25, -0.2) is 0 Å². The van der Waals surface area contributed by atoms with E-state index in [1.807, 2.05) is 0 Å². The minimum Gasteiger partial charge on any atom is -0.389 e. The summed E-state index contributed by atoms with van der Waals surface area (Å²) in [5, 5.41) is 10.4. The molecule has 0 bridgehead atoms. The van der Waals surface area contributed by atoms with Gasteiger partial charge in [0.25, 0.3) is 0 Å². The molecule has 1 heterocycles. The molecule has 1 aliphatic heterocycles. The Morgan fingerprint density at radius 2 is 1.50 bits per heavy atom. The Labute approximate surface area is 123 Å². The van der Waals surface area contributed by atoms with Crippen molar-refractivity contribution >= 4 is 0 Å². The second-order valence-corrected chi connectivity index (χ2v) is 5.97. The molecular weight excluding hydrogens is 248 g/mol. The predicted octanol–water partition coefficient (Wildman–Crippen LogP) is 2.36. The summed E-state index contributed by atoms with van der Waals surface area (Å²) in [7, 11) is 0. The van der Waals surface area contributed by atoms with E-state index in [1.54, 1.807) is 0 Å². The Hall–Kier alpha value is -0.900. The lowest BCUT2D eigenvalue weighted by atomic mass is 9.96. The maximum atomic E-state index is 10.4. The van der Waals surface area contributed by atoms with Crippen LogP contribution in [0.1, 0.15) is 32.3 Å². The highest BCUT2D eigenvalue weighted by atomic mass is 16.3. The van der Waals surface area contributed by atoms with E-state index in [4.69, 9.17) is 0 Å². The fourth-order valence-corrected chi connectivity index (χ4v) is 2.84. The third-order valence-corrected chi connectivity index (χ3v) is 4.55. The van der Waals surface area contributed by atoms with Gasteiger partial charge in [0.05, 0.1) is 5.60 Å². The number of hydrogen-bond donors (Lipinski definition) is 1. The monoisotopic (exact) mass is 276 g/mol. The largest absolute Gasteiger partial charge is 0.389 e. The molecule has 0 amide bonds. The molecule has 0 aromatic heterocycles. The second-order valence-electron chi connectivity index (χ2n) is 5.97. The molecule has 2 rings (SSSR count). The number of benzene rings is 1. The molecule has 20 heavy (non-hydrogen) atoms. The maximum Gasteiger partial charge on any atom is 0.0768 e. The van der Waals surface area contributed by atoms with Crippen LogP contribution in [-0.2, 0) is 6.54 Å². The number of nitrogens with zero attached hydrogens (tertiary/aromatic N) is 2. The Morgan fingerprint density at radius 3 is 2.05 bits per heavy atom. The number of hydrogen-bond acceptors (Lipinski definition) is 3. The van der Waals surface area contributed by atoms with Crippen LogP contribution >= 0.6 is 0 Å². The number of piperazine rings is 1. The van der Waals surface area contributed by atoms with Crippen LogP contribution in [0.15, 0.2) is 30.3 Å². The first-order valence-corrected chi connectivity index (χ1v) is 7.86. The van der Waals surface area contributed by atoms with Crippen LogP contribution in [0.5, 0.6) is 0 Å². The fourth-order valence-electron chi connectivity index (χ4n) is 2.84. The van der Waals surface area contributed by atoms with Crippen molar-refractivity contribution in [2.45, 2.75) is 38.8 Å². The summed E-state index contributed by atoms with van der Waals surface area (Å²) < 4.78 is 0. The summed E-state index contributed by atoms with van der Waals surface area (Å²) >= 11 is 0. The van der Waals surface area contributed by atoms with Crippen LogP contribution in [0.4, 0.5) is 0 Å². The number of rotatable bonds is 6. The quantitative estimate of drug-likeness (QED) is 0.864. The van der Waals surface area contributed by atoms with Crippen molar-refractivity contribution in [2.75, 3.05) is 32.7 Å². The van der Waals surface area contributed by atoms with Crippen molar-refractivity contribution in [1.82, 2.24) is 9.80 Å². The molecule has 0 unspecified atom stereocenters. The van der Waals surface area contributed by atoms with Gasteiger partial charge in [-0.05, 0) is 18.4 Å². The molecule has 0 atom stereocenters. The van der Waals surface area contributed by atoms with Gasteiger partial charge >= 0.3 is 0 Å². The first-order valence-electron chi connectivity index (χ1n) is 7.86. The predicted molar refractivity (Wildman–Crippen MR) is 83.7 cm³/mol. The van der Waals surface area contributed by atoms with E-state index in [-0.39, 0.29) is 0 Å². The van der Waals surface area contributed by atoms with Crippen LogP contribution in [-0.4, -0.2) is 53.2 Å². The van der Waals surface area contributed by atoms with Crippen molar-refractivity contribution < 1.29 is 5.11 Å². The van der Waals surface area contributed by atoms with Gasteiger partial charge in [-0.3, -0.25) is 9.80 Å². The third kappa shape index (κ3) is 4.30.